The fourth-order valence-electron chi connectivity index (χ4n) is 3.47. The number of carbonyl (C=O) groups excluding carboxylic acids is 1. The molecule has 0 radical (unpaired) electrons. The van der Waals surface area contributed by atoms with Gasteiger partial charge in [0.15, 0.2) is 0 Å². The van der Waals surface area contributed by atoms with Crippen LogP contribution in [-0.2, 0) is 4.74 Å². The van der Waals surface area contributed by atoms with E-state index in [1.165, 1.54) is 16.8 Å². The highest BCUT2D eigenvalue weighted by Crippen LogP contribution is 2.28. The van der Waals surface area contributed by atoms with Gasteiger partial charge in [0, 0.05) is 43.1 Å². The third-order valence-corrected chi connectivity index (χ3v) is 4.95. The van der Waals surface area contributed by atoms with Gasteiger partial charge in [0.2, 0.25) is 0 Å². The van der Waals surface area contributed by atoms with Crippen molar-refractivity contribution in [2.45, 2.75) is 73.0 Å². The maximum atomic E-state index is 12.5. The molecule has 1 unspecified atom stereocenters. The third kappa shape index (κ3) is 5.40. The van der Waals surface area contributed by atoms with Crippen LogP contribution in [0.3, 0.4) is 0 Å². The van der Waals surface area contributed by atoms with E-state index < -0.39 is 5.60 Å². The number of amidine groups is 1. The number of ether oxygens (including phenoxy) is 1. The smallest absolute Gasteiger partial charge is 0.410 e. The van der Waals surface area contributed by atoms with Gasteiger partial charge in [0.05, 0.1) is 0 Å². The molecule has 0 aromatic heterocycles. The number of allylic oxidation sites excluding steroid dienone is 2. The van der Waals surface area contributed by atoms with Gasteiger partial charge < -0.3 is 19.9 Å². The summed E-state index contributed by atoms with van der Waals surface area (Å²) in [6, 6.07) is 0.0861. The van der Waals surface area contributed by atoms with E-state index >= 15 is 0 Å². The van der Waals surface area contributed by atoms with Gasteiger partial charge in [0.1, 0.15) is 11.4 Å². The van der Waals surface area contributed by atoms with Crippen molar-refractivity contribution in [1.29, 1.82) is 0 Å². The van der Waals surface area contributed by atoms with Crippen molar-refractivity contribution in [1.82, 2.24) is 15.1 Å². The lowest BCUT2D eigenvalue weighted by Crippen LogP contribution is -2.54. The Labute approximate surface area is 170 Å². The van der Waals surface area contributed by atoms with Gasteiger partial charge in [-0.15, -0.1) is 0 Å². The van der Waals surface area contributed by atoms with Gasteiger partial charge >= 0.3 is 6.09 Å². The summed E-state index contributed by atoms with van der Waals surface area (Å²) in [7, 11) is 0. The second-order valence-electron chi connectivity index (χ2n) is 8.37. The predicted octanol–water partition coefficient (Wildman–Crippen LogP) is 4.42. The molecule has 2 rings (SSSR count). The topological polar surface area (TPSA) is 57.2 Å². The van der Waals surface area contributed by atoms with Crippen molar-refractivity contribution in [3.05, 3.63) is 35.3 Å². The highest BCUT2D eigenvalue weighted by atomic mass is 16.6. The first kappa shape index (κ1) is 22.1. The van der Waals surface area contributed by atoms with Gasteiger partial charge in [-0.2, -0.15) is 0 Å². The molecular weight excluding hydrogens is 352 g/mol. The Morgan fingerprint density at radius 1 is 1.36 bits per heavy atom. The maximum Gasteiger partial charge on any atom is 0.410 e. The quantitative estimate of drug-likeness (QED) is 0.774. The second-order valence-corrected chi connectivity index (χ2v) is 8.37. The number of hydrogen-bond donors (Lipinski definition) is 1. The molecule has 0 aliphatic carbocycles. The van der Waals surface area contributed by atoms with Crippen LogP contribution in [0, 0.1) is 0 Å². The molecule has 1 amide bonds. The minimum atomic E-state index is -0.473. The number of rotatable bonds is 4. The summed E-state index contributed by atoms with van der Waals surface area (Å²) in [5.41, 5.74) is 3.16. The average Bonchev–Trinajstić information content (AvgIpc) is 3.02. The summed E-state index contributed by atoms with van der Waals surface area (Å²) in [5.74, 6) is 0.904. The summed E-state index contributed by atoms with van der Waals surface area (Å²) in [6.45, 7) is 16.4. The number of hydrogen-bond acceptors (Lipinski definition) is 5. The van der Waals surface area contributed by atoms with E-state index in [4.69, 9.17) is 4.74 Å². The Balaban J connectivity index is 2.14. The van der Waals surface area contributed by atoms with Gasteiger partial charge in [-0.05, 0) is 59.2 Å². The minimum Gasteiger partial charge on any atom is -0.444 e. The molecule has 0 aromatic carbocycles. The number of aliphatic imine (C=N–C) groups is 1. The zero-order valence-corrected chi connectivity index (χ0v) is 18.5. The monoisotopic (exact) mass is 388 g/mol. The van der Waals surface area contributed by atoms with Crippen LogP contribution in [0.4, 0.5) is 4.79 Å². The molecular formula is C22H36N4O2. The average molecular weight is 389 g/mol. The van der Waals surface area contributed by atoms with Crippen LogP contribution in [0.15, 0.2) is 40.3 Å². The van der Waals surface area contributed by atoms with Gasteiger partial charge in [0.25, 0.3) is 0 Å². The molecule has 2 heterocycles. The molecule has 1 N–H and O–H groups in total. The van der Waals surface area contributed by atoms with E-state index in [9.17, 15) is 4.79 Å². The molecule has 1 saturated heterocycles. The van der Waals surface area contributed by atoms with E-state index in [-0.39, 0.29) is 12.1 Å². The Bertz CT molecular complexity index is 698. The molecule has 28 heavy (non-hydrogen) atoms. The van der Waals surface area contributed by atoms with Crippen molar-refractivity contribution in [2.24, 2.45) is 4.99 Å². The van der Waals surface area contributed by atoms with Crippen LogP contribution in [-0.4, -0.2) is 53.0 Å². The summed E-state index contributed by atoms with van der Waals surface area (Å²) in [4.78, 5) is 21.3. The molecule has 1 fully saturated rings. The lowest BCUT2D eigenvalue weighted by atomic mass is 10.0. The van der Waals surface area contributed by atoms with E-state index in [2.05, 4.69) is 49.0 Å². The predicted molar refractivity (Wildman–Crippen MR) is 115 cm³/mol. The van der Waals surface area contributed by atoms with Crippen molar-refractivity contribution in [3.8, 4) is 0 Å². The summed E-state index contributed by atoms with van der Waals surface area (Å²) >= 11 is 0. The van der Waals surface area contributed by atoms with Crippen molar-refractivity contribution < 1.29 is 9.53 Å². The first-order chi connectivity index (χ1) is 13.2. The van der Waals surface area contributed by atoms with Crippen LogP contribution in [0.25, 0.3) is 0 Å². The molecule has 2 aliphatic rings. The highest BCUT2D eigenvalue weighted by molar-refractivity contribution is 6.05. The molecule has 156 valence electrons. The number of nitrogens with zero attached hydrogens (tertiary/aromatic N) is 3. The first-order valence-corrected chi connectivity index (χ1v) is 10.3. The Kier molecular flexibility index (Phi) is 7.33. The molecule has 6 nitrogen and oxygen atoms in total. The number of carbonyl (C=O) groups is 1. The zero-order chi connectivity index (χ0) is 20.9. The molecule has 0 spiro atoms. The van der Waals surface area contributed by atoms with Crippen molar-refractivity contribution >= 4 is 11.9 Å². The standard InChI is InChI=1S/C22H36N4O2/c1-8-10-11-23-20-19(18(9-2)14-24-20)17(4)25-12-13-26(16(3)15-25)21(27)28-22(5,6)7/h10-11,14,16H,8-9,12-13,15H2,1-7H3,(H,23,24)/b11-10+,19-17+. The van der Waals surface area contributed by atoms with Crippen LogP contribution >= 0.6 is 0 Å². The van der Waals surface area contributed by atoms with E-state index in [0.717, 1.165) is 31.8 Å². The SMILES string of the molecule is CC/C=C/NC1=NC=C(CC)/C1=C(/C)N1CCN(C(=O)OC(C)(C)C)C(C)C1. The number of amides is 1. The fourth-order valence-corrected chi connectivity index (χ4v) is 3.47. The summed E-state index contributed by atoms with van der Waals surface area (Å²) in [6.07, 6.45) is 7.70. The fraction of sp³-hybridized carbons (Fsp3) is 0.636. The largest absolute Gasteiger partial charge is 0.444 e. The van der Waals surface area contributed by atoms with Crippen molar-refractivity contribution in [3.63, 3.8) is 0 Å². The first-order valence-electron chi connectivity index (χ1n) is 10.3. The highest BCUT2D eigenvalue weighted by Gasteiger charge is 2.32. The third-order valence-electron chi connectivity index (χ3n) is 4.95. The zero-order valence-electron chi connectivity index (χ0n) is 18.5. The summed E-state index contributed by atoms with van der Waals surface area (Å²) in [5, 5.41) is 3.33. The minimum absolute atomic E-state index is 0.0861. The molecule has 0 saturated carbocycles. The second kappa shape index (κ2) is 9.30. The number of piperazine rings is 1. The van der Waals surface area contributed by atoms with E-state index in [1.54, 1.807) is 0 Å². The molecule has 2 aliphatic heterocycles. The van der Waals surface area contributed by atoms with E-state index in [1.807, 2.05) is 38.1 Å². The van der Waals surface area contributed by atoms with Crippen LogP contribution in [0.1, 0.15) is 61.3 Å². The Hall–Kier alpha value is -2.24. The molecule has 0 bridgehead atoms. The van der Waals surface area contributed by atoms with Crippen LogP contribution in [0.5, 0.6) is 0 Å². The van der Waals surface area contributed by atoms with Crippen LogP contribution < -0.4 is 5.32 Å². The Morgan fingerprint density at radius 3 is 2.64 bits per heavy atom. The van der Waals surface area contributed by atoms with Gasteiger partial charge in [-0.3, -0.25) is 0 Å². The van der Waals surface area contributed by atoms with Gasteiger partial charge in [-0.1, -0.05) is 19.9 Å². The molecule has 6 heteroatoms. The maximum absolute atomic E-state index is 12.5. The van der Waals surface area contributed by atoms with Crippen LogP contribution in [0.2, 0.25) is 0 Å². The van der Waals surface area contributed by atoms with E-state index in [0.29, 0.717) is 6.54 Å². The molecule has 0 aromatic rings. The normalized spacial score (nSPS) is 22.3. The lowest BCUT2D eigenvalue weighted by Gasteiger charge is -2.42. The van der Waals surface area contributed by atoms with Gasteiger partial charge in [-0.25, -0.2) is 9.79 Å². The Morgan fingerprint density at radius 2 is 2.07 bits per heavy atom. The van der Waals surface area contributed by atoms with Crippen molar-refractivity contribution in [2.75, 3.05) is 19.6 Å². The lowest BCUT2D eigenvalue weighted by molar-refractivity contribution is 0.00494. The molecule has 1 atom stereocenters. The summed E-state index contributed by atoms with van der Waals surface area (Å²) < 4.78 is 5.56. The number of nitrogens with one attached hydrogen (secondary N) is 1.